The van der Waals surface area contributed by atoms with E-state index in [1.807, 2.05) is 0 Å². The van der Waals surface area contributed by atoms with Crippen molar-refractivity contribution >= 4 is 53.9 Å². The van der Waals surface area contributed by atoms with Gasteiger partial charge in [0.2, 0.25) is 0 Å². The number of aryl methyl sites for hydroxylation is 2. The molecule has 0 nitrogen and oxygen atoms in total. The predicted molar refractivity (Wildman–Crippen MR) is 276 cm³/mol. The van der Waals surface area contributed by atoms with Gasteiger partial charge in [0.25, 0.3) is 0 Å². The average molecular weight is 817 g/mol. The largest absolute Gasteiger partial charge is 0.0654 e. The quantitative estimate of drug-likeness (QED) is 0.0324. The third kappa shape index (κ3) is 11.4. The summed E-state index contributed by atoms with van der Waals surface area (Å²) in [5, 5.41) is 13.1. The number of unbranched alkanes of at least 4 members (excludes halogenated alkanes) is 18. The zero-order chi connectivity index (χ0) is 42.4. The van der Waals surface area contributed by atoms with Crippen molar-refractivity contribution in [3.05, 3.63) is 145 Å². The summed E-state index contributed by atoms with van der Waals surface area (Å²) in [5.41, 5.74) is 8.12. The Morgan fingerprint density at radius 3 is 0.919 bits per heavy atom. The van der Waals surface area contributed by atoms with Crippen LogP contribution in [0.15, 0.2) is 133 Å². The molecule has 0 N–H and O–H groups in total. The van der Waals surface area contributed by atoms with Gasteiger partial charge in [-0.05, 0) is 149 Å². The van der Waals surface area contributed by atoms with Gasteiger partial charge in [-0.25, -0.2) is 0 Å². The van der Waals surface area contributed by atoms with E-state index in [9.17, 15) is 0 Å². The number of benzene rings is 8. The van der Waals surface area contributed by atoms with E-state index in [1.165, 1.54) is 229 Å². The summed E-state index contributed by atoms with van der Waals surface area (Å²) in [4.78, 5) is 0. The Bertz CT molecular complexity index is 2450. The third-order valence-electron chi connectivity index (χ3n) is 14.0. The molecule has 0 saturated heterocycles. The standard InChI is InChI=1S/C62H72/c1-3-5-7-9-11-13-15-17-19-21-23-47-25-29-49(30-26-47)51-33-35-53-45-61-55(43-57(53)41-51)37-39-60-59(61)40-38-56-44-58-42-52(34-36-54(58)46-62(56)60)50-31-27-48(28-32-50)24-22-20-18-16-14-12-10-8-6-4-2/h25-46H,3-24H2,1-2H3. The molecule has 0 spiro atoms. The Balaban J connectivity index is 0.893. The maximum Gasteiger partial charge on any atom is -0.00987 e. The van der Waals surface area contributed by atoms with E-state index < -0.39 is 0 Å². The molecule has 0 amide bonds. The number of hydrogen-bond acceptors (Lipinski definition) is 0. The first-order chi connectivity index (χ1) is 30.7. The van der Waals surface area contributed by atoms with Gasteiger partial charge in [0.1, 0.15) is 0 Å². The van der Waals surface area contributed by atoms with Gasteiger partial charge in [0, 0.05) is 0 Å². The lowest BCUT2D eigenvalue weighted by Gasteiger charge is -2.12. The molecule has 0 radical (unpaired) electrons. The van der Waals surface area contributed by atoms with Crippen LogP contribution in [0.4, 0.5) is 0 Å². The lowest BCUT2D eigenvalue weighted by atomic mass is 9.92. The Kier molecular flexibility index (Phi) is 15.8. The average Bonchev–Trinajstić information content (AvgIpc) is 3.31. The molecule has 320 valence electrons. The van der Waals surface area contributed by atoms with E-state index in [-0.39, 0.29) is 0 Å². The molecule has 0 heteroatoms. The molecular weight excluding hydrogens is 745 g/mol. The van der Waals surface area contributed by atoms with Crippen molar-refractivity contribution in [3.8, 4) is 22.3 Å². The molecule has 0 aliphatic rings. The Morgan fingerprint density at radius 1 is 0.226 bits per heavy atom. The summed E-state index contributed by atoms with van der Waals surface area (Å²) in [7, 11) is 0. The number of hydrogen-bond donors (Lipinski definition) is 0. The van der Waals surface area contributed by atoms with Crippen molar-refractivity contribution < 1.29 is 0 Å². The van der Waals surface area contributed by atoms with Crippen LogP contribution < -0.4 is 0 Å². The fourth-order valence-corrected chi connectivity index (χ4v) is 10.1. The molecule has 62 heavy (non-hydrogen) atoms. The van der Waals surface area contributed by atoms with Crippen molar-refractivity contribution in [2.45, 2.75) is 155 Å². The van der Waals surface area contributed by atoms with Crippen LogP contribution in [0.1, 0.15) is 153 Å². The molecule has 0 fully saturated rings. The summed E-state index contributed by atoms with van der Waals surface area (Å²) < 4.78 is 0. The SMILES string of the molecule is CCCCCCCCCCCCc1ccc(-c2ccc3cc4c(ccc5c6cc7ccc(-c8ccc(CCCCCCCCCCCC)cc8)cc7cc6ccc45)cc3c2)cc1. The van der Waals surface area contributed by atoms with E-state index >= 15 is 0 Å². The zero-order valence-corrected chi connectivity index (χ0v) is 38.3. The first-order valence-electron chi connectivity index (χ1n) is 25.1. The van der Waals surface area contributed by atoms with Crippen LogP contribution in [-0.4, -0.2) is 0 Å². The highest BCUT2D eigenvalue weighted by Gasteiger charge is 2.10. The smallest absolute Gasteiger partial charge is 0.00987 e. The zero-order valence-electron chi connectivity index (χ0n) is 38.3. The van der Waals surface area contributed by atoms with Gasteiger partial charge in [0.15, 0.2) is 0 Å². The summed E-state index contributed by atoms with van der Waals surface area (Å²) in [6, 6.07) is 51.7. The van der Waals surface area contributed by atoms with Crippen molar-refractivity contribution in [2.24, 2.45) is 0 Å². The summed E-state index contributed by atoms with van der Waals surface area (Å²) in [6.07, 6.45) is 30.2. The van der Waals surface area contributed by atoms with Crippen LogP contribution in [-0.2, 0) is 12.8 Å². The molecule has 0 atom stereocenters. The van der Waals surface area contributed by atoms with Crippen LogP contribution >= 0.6 is 0 Å². The Hall–Kier alpha value is -4.94. The van der Waals surface area contributed by atoms with Crippen LogP contribution in [0.5, 0.6) is 0 Å². The molecule has 0 saturated carbocycles. The molecule has 8 aromatic rings. The lowest BCUT2D eigenvalue weighted by Crippen LogP contribution is -1.88. The van der Waals surface area contributed by atoms with E-state index in [0.717, 1.165) is 0 Å². The Labute approximate surface area is 374 Å². The van der Waals surface area contributed by atoms with Gasteiger partial charge in [-0.15, -0.1) is 0 Å². The number of fused-ring (bicyclic) bond motifs is 7. The first-order valence-corrected chi connectivity index (χ1v) is 25.1. The van der Waals surface area contributed by atoms with Crippen molar-refractivity contribution in [3.63, 3.8) is 0 Å². The normalized spacial score (nSPS) is 11.8. The monoisotopic (exact) mass is 817 g/mol. The van der Waals surface area contributed by atoms with Gasteiger partial charge in [-0.1, -0.05) is 226 Å². The highest BCUT2D eigenvalue weighted by molar-refractivity contribution is 6.21. The summed E-state index contributed by atoms with van der Waals surface area (Å²) in [6.45, 7) is 4.60. The number of rotatable bonds is 24. The molecule has 0 heterocycles. The minimum absolute atomic E-state index is 1.19. The second-order valence-corrected chi connectivity index (χ2v) is 18.8. The first kappa shape index (κ1) is 43.7. The predicted octanol–water partition coefficient (Wildman–Crippen LogP) is 19.7. The maximum atomic E-state index is 2.41. The third-order valence-corrected chi connectivity index (χ3v) is 14.0. The van der Waals surface area contributed by atoms with E-state index in [2.05, 4.69) is 147 Å². The topological polar surface area (TPSA) is 0 Å². The lowest BCUT2D eigenvalue weighted by molar-refractivity contribution is 0.556. The summed E-state index contributed by atoms with van der Waals surface area (Å²) >= 11 is 0. The van der Waals surface area contributed by atoms with Crippen LogP contribution in [0, 0.1) is 0 Å². The van der Waals surface area contributed by atoms with E-state index in [4.69, 9.17) is 0 Å². The molecule has 8 aromatic carbocycles. The van der Waals surface area contributed by atoms with Gasteiger partial charge >= 0.3 is 0 Å². The van der Waals surface area contributed by atoms with Crippen LogP contribution in [0.25, 0.3) is 76.1 Å². The summed E-state index contributed by atoms with van der Waals surface area (Å²) in [5.74, 6) is 0. The fraction of sp³-hybridized carbons (Fsp3) is 0.387. The van der Waals surface area contributed by atoms with E-state index in [1.54, 1.807) is 0 Å². The minimum atomic E-state index is 1.19. The molecular formula is C62H72. The van der Waals surface area contributed by atoms with Crippen molar-refractivity contribution in [1.29, 1.82) is 0 Å². The van der Waals surface area contributed by atoms with Gasteiger partial charge < -0.3 is 0 Å². The van der Waals surface area contributed by atoms with Crippen LogP contribution in [0.3, 0.4) is 0 Å². The molecule has 0 aliphatic carbocycles. The van der Waals surface area contributed by atoms with Crippen LogP contribution in [0.2, 0.25) is 0 Å². The molecule has 0 aromatic heterocycles. The molecule has 8 rings (SSSR count). The van der Waals surface area contributed by atoms with Gasteiger partial charge in [-0.2, -0.15) is 0 Å². The minimum Gasteiger partial charge on any atom is -0.0654 e. The fourth-order valence-electron chi connectivity index (χ4n) is 10.1. The highest BCUT2D eigenvalue weighted by Crippen LogP contribution is 2.37. The van der Waals surface area contributed by atoms with Gasteiger partial charge in [0.05, 0.1) is 0 Å². The molecule has 0 aliphatic heterocycles. The van der Waals surface area contributed by atoms with Crippen molar-refractivity contribution in [1.82, 2.24) is 0 Å². The molecule has 0 unspecified atom stereocenters. The van der Waals surface area contributed by atoms with Gasteiger partial charge in [-0.3, -0.25) is 0 Å². The van der Waals surface area contributed by atoms with E-state index in [0.29, 0.717) is 0 Å². The molecule has 0 bridgehead atoms. The van der Waals surface area contributed by atoms with Crippen molar-refractivity contribution in [2.75, 3.05) is 0 Å². The maximum absolute atomic E-state index is 2.41. The Morgan fingerprint density at radius 2 is 0.548 bits per heavy atom. The second-order valence-electron chi connectivity index (χ2n) is 18.8. The highest BCUT2D eigenvalue weighted by atomic mass is 14.1. The second kappa shape index (κ2) is 22.4.